The zero-order chi connectivity index (χ0) is 16.1. The average Bonchev–Trinajstić information content (AvgIpc) is 2.86. The highest BCUT2D eigenvalue weighted by Crippen LogP contribution is 2.24. The number of carboxylic acid groups (broad SMARTS) is 2. The maximum atomic E-state index is 10.9. The molecule has 5 nitrogen and oxygen atoms in total. The summed E-state index contributed by atoms with van der Waals surface area (Å²) >= 11 is 0. The van der Waals surface area contributed by atoms with E-state index in [4.69, 9.17) is 10.2 Å². The molecule has 0 aliphatic heterocycles. The maximum absolute atomic E-state index is 10.9. The molecule has 1 heterocycles. The minimum absolute atomic E-state index is 0.00755. The molecule has 22 heavy (non-hydrogen) atoms. The van der Waals surface area contributed by atoms with E-state index in [1.807, 2.05) is 47.9 Å². The van der Waals surface area contributed by atoms with E-state index in [9.17, 15) is 9.59 Å². The number of benzene rings is 1. The topological polar surface area (TPSA) is 79.5 Å². The van der Waals surface area contributed by atoms with Crippen molar-refractivity contribution in [3.05, 3.63) is 47.7 Å². The molecular weight excluding hydrogens is 282 g/mol. The Hall–Kier alpha value is -2.56. The SMILES string of the molecule is Cc1ccc(-c2ccc(CCC(=O)O)n2CCC(=O)O)cc1. The summed E-state index contributed by atoms with van der Waals surface area (Å²) in [7, 11) is 0. The van der Waals surface area contributed by atoms with Crippen molar-refractivity contribution in [2.24, 2.45) is 0 Å². The predicted molar refractivity (Wildman–Crippen MR) is 82.8 cm³/mol. The lowest BCUT2D eigenvalue weighted by Crippen LogP contribution is -2.10. The lowest BCUT2D eigenvalue weighted by Gasteiger charge is -2.12. The van der Waals surface area contributed by atoms with Crippen LogP contribution in [0, 0.1) is 6.92 Å². The molecule has 0 aliphatic carbocycles. The smallest absolute Gasteiger partial charge is 0.305 e. The molecule has 0 saturated carbocycles. The van der Waals surface area contributed by atoms with Crippen LogP contribution in [0.1, 0.15) is 24.1 Å². The summed E-state index contributed by atoms with van der Waals surface area (Å²) in [5, 5.41) is 17.7. The molecule has 116 valence electrons. The highest BCUT2D eigenvalue weighted by molar-refractivity contribution is 5.68. The first kappa shape index (κ1) is 15.8. The summed E-state index contributed by atoms with van der Waals surface area (Å²) in [6, 6.07) is 11.8. The normalized spacial score (nSPS) is 10.6. The molecule has 2 rings (SSSR count). The van der Waals surface area contributed by atoms with Crippen molar-refractivity contribution in [1.82, 2.24) is 4.57 Å². The summed E-state index contributed by atoms with van der Waals surface area (Å²) in [6.45, 7) is 2.34. The number of carboxylic acids is 2. The van der Waals surface area contributed by atoms with E-state index in [1.54, 1.807) is 0 Å². The predicted octanol–water partition coefficient (Wildman–Crippen LogP) is 2.96. The fraction of sp³-hybridized carbons (Fsp3) is 0.294. The van der Waals surface area contributed by atoms with Gasteiger partial charge in [0.2, 0.25) is 0 Å². The number of aliphatic carboxylic acids is 2. The summed E-state index contributed by atoms with van der Waals surface area (Å²) in [6.07, 6.45) is 0.429. The van der Waals surface area contributed by atoms with Crippen molar-refractivity contribution in [2.75, 3.05) is 0 Å². The van der Waals surface area contributed by atoms with Gasteiger partial charge in [-0.1, -0.05) is 29.8 Å². The van der Waals surface area contributed by atoms with Crippen molar-refractivity contribution < 1.29 is 19.8 Å². The largest absolute Gasteiger partial charge is 0.481 e. The van der Waals surface area contributed by atoms with Crippen LogP contribution in [0.5, 0.6) is 0 Å². The molecule has 0 spiro atoms. The van der Waals surface area contributed by atoms with E-state index in [1.165, 1.54) is 0 Å². The number of nitrogens with zero attached hydrogens (tertiary/aromatic N) is 1. The van der Waals surface area contributed by atoms with Gasteiger partial charge < -0.3 is 14.8 Å². The van der Waals surface area contributed by atoms with E-state index < -0.39 is 11.9 Å². The first-order chi connectivity index (χ1) is 10.5. The Morgan fingerprint density at radius 3 is 2.18 bits per heavy atom. The molecule has 0 bridgehead atoms. The number of aryl methyl sites for hydroxylation is 2. The van der Waals surface area contributed by atoms with Crippen LogP contribution < -0.4 is 0 Å². The van der Waals surface area contributed by atoms with Crippen LogP contribution in [0.3, 0.4) is 0 Å². The number of carbonyl (C=O) groups is 2. The Morgan fingerprint density at radius 1 is 0.955 bits per heavy atom. The minimum atomic E-state index is -0.868. The third-order valence-corrected chi connectivity index (χ3v) is 3.56. The van der Waals surface area contributed by atoms with E-state index in [0.717, 1.165) is 22.5 Å². The first-order valence-electron chi connectivity index (χ1n) is 7.16. The van der Waals surface area contributed by atoms with Crippen LogP contribution in [0.2, 0.25) is 0 Å². The van der Waals surface area contributed by atoms with Gasteiger partial charge in [0, 0.05) is 17.9 Å². The van der Waals surface area contributed by atoms with E-state index in [-0.39, 0.29) is 12.8 Å². The molecule has 1 aromatic carbocycles. The van der Waals surface area contributed by atoms with E-state index in [0.29, 0.717) is 13.0 Å². The monoisotopic (exact) mass is 301 g/mol. The van der Waals surface area contributed by atoms with Gasteiger partial charge in [0.15, 0.2) is 0 Å². The molecular formula is C17H19NO4. The van der Waals surface area contributed by atoms with Crippen LogP contribution in [-0.4, -0.2) is 26.7 Å². The lowest BCUT2D eigenvalue weighted by atomic mass is 10.1. The van der Waals surface area contributed by atoms with Gasteiger partial charge in [0.1, 0.15) is 0 Å². The van der Waals surface area contributed by atoms with E-state index >= 15 is 0 Å². The Morgan fingerprint density at radius 2 is 1.59 bits per heavy atom. The Balaban J connectivity index is 2.33. The Kier molecular flexibility index (Phi) is 4.99. The molecule has 0 radical (unpaired) electrons. The molecule has 0 unspecified atom stereocenters. The highest BCUT2D eigenvalue weighted by Gasteiger charge is 2.12. The second kappa shape index (κ2) is 6.93. The average molecular weight is 301 g/mol. The van der Waals surface area contributed by atoms with Gasteiger partial charge in [-0.15, -0.1) is 0 Å². The minimum Gasteiger partial charge on any atom is -0.481 e. The maximum Gasteiger partial charge on any atom is 0.305 e. The van der Waals surface area contributed by atoms with Gasteiger partial charge in [-0.05, 0) is 31.0 Å². The molecule has 0 aliphatic rings. The molecule has 0 saturated heterocycles. The number of hydrogen-bond donors (Lipinski definition) is 2. The van der Waals surface area contributed by atoms with Crippen LogP contribution in [-0.2, 0) is 22.6 Å². The fourth-order valence-electron chi connectivity index (χ4n) is 2.41. The second-order valence-electron chi connectivity index (χ2n) is 5.27. The Labute approximate surface area is 128 Å². The van der Waals surface area contributed by atoms with Crippen LogP contribution >= 0.6 is 0 Å². The summed E-state index contributed by atoms with van der Waals surface area (Å²) in [5.74, 6) is -1.73. The zero-order valence-corrected chi connectivity index (χ0v) is 12.5. The molecule has 2 N–H and O–H groups in total. The van der Waals surface area contributed by atoms with Gasteiger partial charge in [-0.2, -0.15) is 0 Å². The lowest BCUT2D eigenvalue weighted by molar-refractivity contribution is -0.138. The molecule has 5 heteroatoms. The number of rotatable bonds is 7. The summed E-state index contributed by atoms with van der Waals surface area (Å²) < 4.78 is 1.90. The van der Waals surface area contributed by atoms with Crippen LogP contribution in [0.25, 0.3) is 11.3 Å². The van der Waals surface area contributed by atoms with Gasteiger partial charge in [0.05, 0.1) is 12.8 Å². The summed E-state index contributed by atoms with van der Waals surface area (Å²) in [5.41, 5.74) is 3.91. The van der Waals surface area contributed by atoms with Crippen LogP contribution in [0.15, 0.2) is 36.4 Å². The molecule has 0 amide bonds. The molecule has 1 aromatic heterocycles. The van der Waals surface area contributed by atoms with Crippen molar-refractivity contribution in [2.45, 2.75) is 32.7 Å². The highest BCUT2D eigenvalue weighted by atomic mass is 16.4. The van der Waals surface area contributed by atoms with Gasteiger partial charge in [-0.3, -0.25) is 9.59 Å². The zero-order valence-electron chi connectivity index (χ0n) is 12.5. The quantitative estimate of drug-likeness (QED) is 0.824. The molecule has 0 fully saturated rings. The van der Waals surface area contributed by atoms with Gasteiger partial charge >= 0.3 is 11.9 Å². The van der Waals surface area contributed by atoms with Crippen molar-refractivity contribution in [1.29, 1.82) is 0 Å². The number of aromatic nitrogens is 1. The second-order valence-corrected chi connectivity index (χ2v) is 5.27. The molecule has 0 atom stereocenters. The van der Waals surface area contributed by atoms with E-state index in [2.05, 4.69) is 0 Å². The third kappa shape index (κ3) is 3.97. The van der Waals surface area contributed by atoms with Crippen molar-refractivity contribution in [3.8, 4) is 11.3 Å². The van der Waals surface area contributed by atoms with Crippen molar-refractivity contribution in [3.63, 3.8) is 0 Å². The first-order valence-corrected chi connectivity index (χ1v) is 7.16. The Bertz CT molecular complexity index is 670. The molecule has 2 aromatic rings. The third-order valence-electron chi connectivity index (χ3n) is 3.56. The standard InChI is InChI=1S/C17H19NO4/c1-12-2-4-13(5-3-12)15-8-6-14(7-9-16(19)20)18(15)11-10-17(21)22/h2-6,8H,7,9-11H2,1H3,(H,19,20)(H,21,22). The summed E-state index contributed by atoms with van der Waals surface area (Å²) in [4.78, 5) is 21.6. The fourth-order valence-corrected chi connectivity index (χ4v) is 2.41. The number of hydrogen-bond acceptors (Lipinski definition) is 2. The van der Waals surface area contributed by atoms with Crippen LogP contribution in [0.4, 0.5) is 0 Å². The van der Waals surface area contributed by atoms with Gasteiger partial charge in [0.25, 0.3) is 0 Å². The van der Waals surface area contributed by atoms with Gasteiger partial charge in [-0.25, -0.2) is 0 Å². The van der Waals surface area contributed by atoms with Crippen molar-refractivity contribution >= 4 is 11.9 Å².